The molecule has 1 N–H and O–H groups in total. The average Bonchev–Trinajstić information content (AvgIpc) is 3.06. The minimum absolute atomic E-state index is 0.0262. The van der Waals surface area contributed by atoms with Gasteiger partial charge in [0.1, 0.15) is 0 Å². The Morgan fingerprint density at radius 2 is 1.96 bits per heavy atom. The number of β-amino-alcohol motifs (C(OH)–C–C–N with tert-alkyl or cyclic N) is 1. The molecule has 0 bridgehead atoms. The Morgan fingerprint density at radius 3 is 2.67 bits per heavy atom. The summed E-state index contributed by atoms with van der Waals surface area (Å²) in [5, 5.41) is 11.0. The van der Waals surface area contributed by atoms with Crippen LogP contribution in [0.1, 0.15) is 36.0 Å². The maximum Gasteiger partial charge on any atom is 0.254 e. The van der Waals surface area contributed by atoms with Gasteiger partial charge in [0.25, 0.3) is 5.91 Å². The first-order valence-corrected chi connectivity index (χ1v) is 8.98. The molecule has 1 aromatic rings. The zero-order chi connectivity index (χ0) is 17.2. The molecule has 1 amide bonds. The summed E-state index contributed by atoms with van der Waals surface area (Å²) in [6.07, 6.45) is 4.08. The van der Waals surface area contributed by atoms with Crippen LogP contribution in [0.2, 0.25) is 0 Å². The van der Waals surface area contributed by atoms with Gasteiger partial charge in [0, 0.05) is 38.4 Å². The predicted octanol–water partition coefficient (Wildman–Crippen LogP) is 1.82. The van der Waals surface area contributed by atoms with E-state index in [-0.39, 0.29) is 5.91 Å². The molecule has 3 rings (SSSR count). The molecule has 24 heavy (non-hydrogen) atoms. The van der Waals surface area contributed by atoms with Crippen molar-refractivity contribution in [1.82, 2.24) is 9.80 Å². The lowest BCUT2D eigenvalue weighted by Gasteiger charge is -2.41. The van der Waals surface area contributed by atoms with Crippen molar-refractivity contribution >= 4 is 11.6 Å². The summed E-state index contributed by atoms with van der Waals surface area (Å²) in [6, 6.07) is 7.71. The SMILES string of the molecule is CN(C)c1cccc(C(=O)N2CCCC(O)(CN3CCCC3)C2)c1. The summed E-state index contributed by atoms with van der Waals surface area (Å²) in [5.41, 5.74) is 0.953. The molecule has 1 atom stereocenters. The van der Waals surface area contributed by atoms with Crippen LogP contribution in [0.25, 0.3) is 0 Å². The smallest absolute Gasteiger partial charge is 0.254 e. The number of carbonyl (C=O) groups is 1. The van der Waals surface area contributed by atoms with Crippen LogP contribution in [0.4, 0.5) is 5.69 Å². The van der Waals surface area contributed by atoms with Gasteiger partial charge in [-0.15, -0.1) is 0 Å². The normalized spacial score (nSPS) is 25.0. The van der Waals surface area contributed by atoms with Crippen molar-refractivity contribution < 1.29 is 9.90 Å². The number of likely N-dealkylation sites (tertiary alicyclic amines) is 2. The fourth-order valence-electron chi connectivity index (χ4n) is 3.87. The zero-order valence-corrected chi connectivity index (χ0v) is 14.9. The van der Waals surface area contributed by atoms with Crippen LogP contribution in [0, 0.1) is 0 Å². The molecule has 2 heterocycles. The van der Waals surface area contributed by atoms with Crippen molar-refractivity contribution in [2.75, 3.05) is 51.7 Å². The number of hydrogen-bond acceptors (Lipinski definition) is 4. The lowest BCUT2D eigenvalue weighted by Crippen LogP contribution is -2.55. The van der Waals surface area contributed by atoms with Crippen LogP contribution in [-0.2, 0) is 0 Å². The molecule has 1 unspecified atom stereocenters. The summed E-state index contributed by atoms with van der Waals surface area (Å²) in [5.74, 6) is 0.0262. The number of nitrogens with zero attached hydrogens (tertiary/aromatic N) is 3. The highest BCUT2D eigenvalue weighted by Crippen LogP contribution is 2.26. The average molecular weight is 331 g/mol. The number of benzene rings is 1. The Kier molecular flexibility index (Phi) is 5.11. The maximum absolute atomic E-state index is 12.9. The molecule has 0 radical (unpaired) electrons. The second-order valence-corrected chi connectivity index (χ2v) is 7.48. The van der Waals surface area contributed by atoms with Gasteiger partial charge >= 0.3 is 0 Å². The van der Waals surface area contributed by atoms with Crippen molar-refractivity contribution in [1.29, 1.82) is 0 Å². The molecule has 5 nitrogen and oxygen atoms in total. The van der Waals surface area contributed by atoms with Crippen LogP contribution >= 0.6 is 0 Å². The highest BCUT2D eigenvalue weighted by molar-refractivity contribution is 5.95. The highest BCUT2D eigenvalue weighted by Gasteiger charge is 2.37. The van der Waals surface area contributed by atoms with Gasteiger partial charge < -0.3 is 19.8 Å². The molecule has 2 aliphatic heterocycles. The number of aliphatic hydroxyl groups is 1. The van der Waals surface area contributed by atoms with E-state index in [1.165, 1.54) is 12.8 Å². The number of piperidine rings is 1. The molecular formula is C19H29N3O2. The Labute approximate surface area is 144 Å². The van der Waals surface area contributed by atoms with Crippen LogP contribution < -0.4 is 4.90 Å². The van der Waals surface area contributed by atoms with Gasteiger partial charge in [-0.3, -0.25) is 4.79 Å². The van der Waals surface area contributed by atoms with E-state index in [2.05, 4.69) is 4.90 Å². The highest BCUT2D eigenvalue weighted by atomic mass is 16.3. The molecule has 132 valence electrons. The zero-order valence-electron chi connectivity index (χ0n) is 14.9. The van der Waals surface area contributed by atoms with E-state index < -0.39 is 5.60 Å². The first kappa shape index (κ1) is 17.2. The summed E-state index contributed by atoms with van der Waals surface area (Å²) < 4.78 is 0. The van der Waals surface area contributed by atoms with Gasteiger partial charge in [-0.05, 0) is 57.0 Å². The van der Waals surface area contributed by atoms with E-state index in [4.69, 9.17) is 0 Å². The molecule has 2 saturated heterocycles. The Morgan fingerprint density at radius 1 is 1.21 bits per heavy atom. The predicted molar refractivity (Wildman–Crippen MR) is 96.5 cm³/mol. The third kappa shape index (κ3) is 3.90. The minimum Gasteiger partial charge on any atom is -0.387 e. The fourth-order valence-corrected chi connectivity index (χ4v) is 3.87. The fraction of sp³-hybridized carbons (Fsp3) is 0.632. The molecule has 0 aromatic heterocycles. The van der Waals surface area contributed by atoms with Crippen LogP contribution in [0.15, 0.2) is 24.3 Å². The van der Waals surface area contributed by atoms with Gasteiger partial charge in [0.2, 0.25) is 0 Å². The van der Waals surface area contributed by atoms with Crippen LogP contribution in [0.5, 0.6) is 0 Å². The second-order valence-electron chi connectivity index (χ2n) is 7.48. The van der Waals surface area contributed by atoms with Crippen molar-refractivity contribution in [2.45, 2.75) is 31.3 Å². The van der Waals surface area contributed by atoms with E-state index in [1.807, 2.05) is 48.2 Å². The van der Waals surface area contributed by atoms with Crippen molar-refractivity contribution in [3.63, 3.8) is 0 Å². The van der Waals surface area contributed by atoms with Gasteiger partial charge in [0.15, 0.2) is 0 Å². The molecule has 5 heteroatoms. The number of hydrogen-bond donors (Lipinski definition) is 1. The van der Waals surface area contributed by atoms with E-state index >= 15 is 0 Å². The molecule has 0 spiro atoms. The van der Waals surface area contributed by atoms with E-state index in [9.17, 15) is 9.90 Å². The molecule has 0 aliphatic carbocycles. The number of anilines is 1. The monoisotopic (exact) mass is 331 g/mol. The van der Waals surface area contributed by atoms with Crippen LogP contribution in [0.3, 0.4) is 0 Å². The summed E-state index contributed by atoms with van der Waals surface area (Å²) >= 11 is 0. The topological polar surface area (TPSA) is 47.0 Å². The second kappa shape index (κ2) is 7.11. The van der Waals surface area contributed by atoms with Crippen molar-refractivity contribution in [3.05, 3.63) is 29.8 Å². The first-order valence-electron chi connectivity index (χ1n) is 8.98. The molecule has 0 saturated carbocycles. The molecule has 2 fully saturated rings. The summed E-state index contributed by atoms with van der Waals surface area (Å²) in [4.78, 5) is 19.0. The van der Waals surface area contributed by atoms with Gasteiger partial charge in [-0.2, -0.15) is 0 Å². The third-order valence-electron chi connectivity index (χ3n) is 5.17. The van der Waals surface area contributed by atoms with Crippen molar-refractivity contribution in [2.24, 2.45) is 0 Å². The maximum atomic E-state index is 12.9. The Balaban J connectivity index is 1.69. The lowest BCUT2D eigenvalue weighted by molar-refractivity contribution is -0.0431. The van der Waals surface area contributed by atoms with Gasteiger partial charge in [0.05, 0.1) is 12.1 Å². The molecule has 1 aromatic carbocycles. The number of rotatable bonds is 4. The lowest BCUT2D eigenvalue weighted by atomic mass is 9.91. The van der Waals surface area contributed by atoms with E-state index in [0.717, 1.165) is 38.2 Å². The Bertz CT molecular complexity index is 584. The quantitative estimate of drug-likeness (QED) is 0.914. The third-order valence-corrected chi connectivity index (χ3v) is 5.17. The minimum atomic E-state index is -0.766. The van der Waals surface area contributed by atoms with Gasteiger partial charge in [-0.25, -0.2) is 0 Å². The van der Waals surface area contributed by atoms with Crippen LogP contribution in [-0.4, -0.2) is 73.2 Å². The van der Waals surface area contributed by atoms with Gasteiger partial charge in [-0.1, -0.05) is 6.07 Å². The molecular weight excluding hydrogens is 302 g/mol. The number of amides is 1. The van der Waals surface area contributed by atoms with E-state index in [0.29, 0.717) is 18.7 Å². The molecule has 2 aliphatic rings. The van der Waals surface area contributed by atoms with Crippen molar-refractivity contribution in [3.8, 4) is 0 Å². The standard InChI is InChI=1S/C19H29N3O2/c1-20(2)17-8-5-7-16(13-17)18(23)22-12-6-9-19(24,15-22)14-21-10-3-4-11-21/h5,7-8,13,24H,3-4,6,9-12,14-15H2,1-2H3. The first-order chi connectivity index (χ1) is 11.5. The Hall–Kier alpha value is -1.59. The summed E-state index contributed by atoms with van der Waals surface area (Å²) in [6.45, 7) is 4.00. The largest absolute Gasteiger partial charge is 0.387 e. The number of carbonyl (C=O) groups excluding carboxylic acids is 1. The van der Waals surface area contributed by atoms with E-state index in [1.54, 1.807) is 0 Å². The summed E-state index contributed by atoms with van der Waals surface area (Å²) in [7, 11) is 3.94.